The van der Waals surface area contributed by atoms with Crippen LogP contribution >= 0.6 is 33.0 Å². The van der Waals surface area contributed by atoms with Crippen LogP contribution < -0.4 is 0 Å². The van der Waals surface area contributed by atoms with Gasteiger partial charge in [-0.3, -0.25) is 4.79 Å². The summed E-state index contributed by atoms with van der Waals surface area (Å²) in [6.45, 7) is 0.684. The highest BCUT2D eigenvalue weighted by Crippen LogP contribution is 2.14. The molecule has 0 N–H and O–H groups in total. The maximum atomic E-state index is 10.4. The van der Waals surface area contributed by atoms with Crippen LogP contribution in [0.5, 0.6) is 0 Å². The molecule has 0 aromatic rings. The van der Waals surface area contributed by atoms with E-state index in [9.17, 15) is 4.79 Å². The molecule has 0 bridgehead atoms. The zero-order valence-corrected chi connectivity index (χ0v) is 9.76. The highest BCUT2D eigenvalue weighted by molar-refractivity contribution is 8.26. The Labute approximate surface area is 93.1 Å². The van der Waals surface area contributed by atoms with E-state index in [0.717, 1.165) is 19.3 Å². The van der Waals surface area contributed by atoms with Crippen LogP contribution in [-0.2, 0) is 18.8 Å². The molecule has 0 radical (unpaired) electrons. The Bertz CT molecular complexity index is 178. The van der Waals surface area contributed by atoms with Crippen LogP contribution in [0.1, 0.15) is 19.3 Å². The number of hydrogen-bond donors (Lipinski definition) is 0. The van der Waals surface area contributed by atoms with Crippen molar-refractivity contribution >= 4 is 47.4 Å². The summed E-state index contributed by atoms with van der Waals surface area (Å²) < 4.78 is 14.1. The lowest BCUT2D eigenvalue weighted by molar-refractivity contribution is -0.124. The molecular weight excluding hydrogens is 258 g/mol. The molecule has 0 aromatic heterocycles. The second-order valence-corrected chi connectivity index (χ2v) is 5.24. The molecule has 0 aromatic carbocycles. The van der Waals surface area contributed by atoms with Gasteiger partial charge in [0.2, 0.25) is 14.5 Å². The van der Waals surface area contributed by atoms with Crippen molar-refractivity contribution in [3.05, 3.63) is 0 Å². The van der Waals surface area contributed by atoms with Gasteiger partial charge in [-0.25, -0.2) is 4.21 Å². The zero-order chi connectivity index (χ0) is 10.3. The summed E-state index contributed by atoms with van der Waals surface area (Å²) in [4.78, 5) is 10.4. The minimum absolute atomic E-state index is 0.319. The predicted octanol–water partition coefficient (Wildman–Crippen LogP) is 2.36. The maximum Gasteiger partial charge on any atom is 0.250 e. The van der Waals surface area contributed by atoms with Gasteiger partial charge in [0, 0.05) is 28.0 Å². The van der Waals surface area contributed by atoms with Crippen molar-refractivity contribution in [1.82, 2.24) is 0 Å². The van der Waals surface area contributed by atoms with Gasteiger partial charge in [-0.05, 0) is 30.9 Å². The van der Waals surface area contributed by atoms with Gasteiger partial charge in [0.15, 0.2) is 0 Å². The topological polar surface area (TPSA) is 43.4 Å². The van der Waals surface area contributed by atoms with Gasteiger partial charge in [-0.2, -0.15) is 0 Å². The Morgan fingerprint density at radius 2 is 1.92 bits per heavy atom. The Kier molecular flexibility index (Phi) is 8.40. The summed E-state index contributed by atoms with van der Waals surface area (Å²) in [5.41, 5.74) is 0. The predicted molar refractivity (Wildman–Crippen MR) is 54.3 cm³/mol. The fourth-order valence-electron chi connectivity index (χ4n) is 0.920. The Balaban J connectivity index is 0.000000310. The van der Waals surface area contributed by atoms with E-state index in [1.807, 2.05) is 0 Å². The number of carbonyl (C=O) groups is 1. The standard InChI is InChI=1S/C6H9ClO2.Cl2OS/c7-6(8)5-3-1-2-4-9-5;1-4(2)3/h5H,1-4H2;. The number of rotatable bonds is 1. The molecule has 1 atom stereocenters. The highest BCUT2D eigenvalue weighted by atomic mass is 36.0. The van der Waals surface area contributed by atoms with Crippen LogP contribution in [0.3, 0.4) is 0 Å². The first-order valence-electron chi connectivity index (χ1n) is 3.59. The summed E-state index contributed by atoms with van der Waals surface area (Å²) in [6.07, 6.45) is 2.59. The van der Waals surface area contributed by atoms with Gasteiger partial charge in [0.1, 0.15) is 6.10 Å². The number of carbonyl (C=O) groups excluding carboxylic acids is 1. The van der Waals surface area contributed by atoms with Crippen molar-refractivity contribution in [2.75, 3.05) is 6.61 Å². The van der Waals surface area contributed by atoms with Crippen LogP contribution in [0.25, 0.3) is 0 Å². The van der Waals surface area contributed by atoms with Crippen molar-refractivity contribution in [2.45, 2.75) is 25.4 Å². The lowest BCUT2D eigenvalue weighted by Gasteiger charge is -2.18. The Morgan fingerprint density at radius 3 is 2.15 bits per heavy atom. The molecule has 1 unspecified atom stereocenters. The normalized spacial score (nSPS) is 22.0. The number of halogens is 3. The smallest absolute Gasteiger partial charge is 0.250 e. The molecule has 0 spiro atoms. The van der Waals surface area contributed by atoms with Gasteiger partial charge >= 0.3 is 0 Å². The Hall–Kier alpha value is 0.650. The zero-order valence-electron chi connectivity index (χ0n) is 6.67. The first-order valence-corrected chi connectivity index (χ1v) is 6.77. The summed E-state index contributed by atoms with van der Waals surface area (Å²) in [5.74, 6) is 0. The van der Waals surface area contributed by atoms with Crippen molar-refractivity contribution in [1.29, 1.82) is 0 Å². The summed E-state index contributed by atoms with van der Waals surface area (Å²) in [7, 11) is 7.36. The molecule has 13 heavy (non-hydrogen) atoms. The molecule has 0 aliphatic carbocycles. The van der Waals surface area contributed by atoms with E-state index in [1.54, 1.807) is 0 Å². The first kappa shape index (κ1) is 13.7. The quantitative estimate of drug-likeness (QED) is 0.685. The summed E-state index contributed by atoms with van der Waals surface area (Å²) in [5, 5.41) is -0.352. The van der Waals surface area contributed by atoms with E-state index in [1.165, 1.54) is 0 Å². The van der Waals surface area contributed by atoms with Crippen LogP contribution in [0, 0.1) is 0 Å². The minimum atomic E-state index is -1.67. The molecule has 1 rings (SSSR count). The van der Waals surface area contributed by atoms with E-state index in [2.05, 4.69) is 21.4 Å². The molecule has 1 aliphatic heterocycles. The van der Waals surface area contributed by atoms with Crippen LogP contribution in [0.4, 0.5) is 0 Å². The van der Waals surface area contributed by atoms with Gasteiger partial charge in [-0.15, -0.1) is 0 Å². The van der Waals surface area contributed by atoms with Gasteiger partial charge in [0.05, 0.1) is 0 Å². The molecule has 1 heterocycles. The number of ether oxygens (including phenoxy) is 1. The van der Waals surface area contributed by atoms with Crippen molar-refractivity contribution in [3.63, 3.8) is 0 Å². The third-order valence-corrected chi connectivity index (χ3v) is 1.68. The second kappa shape index (κ2) is 8.00. The van der Waals surface area contributed by atoms with E-state index in [4.69, 9.17) is 20.5 Å². The molecule has 7 heteroatoms. The fraction of sp³-hybridized carbons (Fsp3) is 0.833. The van der Waals surface area contributed by atoms with Crippen molar-refractivity contribution in [2.24, 2.45) is 0 Å². The van der Waals surface area contributed by atoms with E-state index in [0.29, 0.717) is 6.61 Å². The third kappa shape index (κ3) is 8.97. The second-order valence-electron chi connectivity index (χ2n) is 2.34. The lowest BCUT2D eigenvalue weighted by Crippen LogP contribution is -2.24. The van der Waals surface area contributed by atoms with E-state index in [-0.39, 0.29) is 11.3 Å². The molecule has 78 valence electrons. The Morgan fingerprint density at radius 1 is 1.38 bits per heavy atom. The van der Waals surface area contributed by atoms with E-state index >= 15 is 0 Å². The van der Waals surface area contributed by atoms with Crippen molar-refractivity contribution in [3.8, 4) is 0 Å². The average molecular weight is 268 g/mol. The molecule has 0 amide bonds. The van der Waals surface area contributed by atoms with Crippen molar-refractivity contribution < 1.29 is 13.7 Å². The SMILES string of the molecule is O=C(Cl)C1CCCCO1.O=S(Cl)Cl. The lowest BCUT2D eigenvalue weighted by atomic mass is 10.1. The first-order chi connectivity index (χ1) is 6.04. The van der Waals surface area contributed by atoms with Crippen LogP contribution in [0.15, 0.2) is 0 Å². The minimum Gasteiger partial charge on any atom is -0.369 e. The number of hydrogen-bond acceptors (Lipinski definition) is 3. The van der Waals surface area contributed by atoms with Gasteiger partial charge < -0.3 is 4.74 Å². The summed E-state index contributed by atoms with van der Waals surface area (Å²) >= 11 is 5.19. The molecule has 1 saturated heterocycles. The fourth-order valence-corrected chi connectivity index (χ4v) is 1.09. The molecular formula is C6H9Cl3O3S. The molecule has 1 fully saturated rings. The molecule has 0 saturated carbocycles. The molecule has 1 aliphatic rings. The van der Waals surface area contributed by atoms with Gasteiger partial charge in [-0.1, -0.05) is 0 Å². The highest BCUT2D eigenvalue weighted by Gasteiger charge is 2.19. The van der Waals surface area contributed by atoms with Crippen LogP contribution in [0.2, 0.25) is 0 Å². The largest absolute Gasteiger partial charge is 0.369 e. The van der Waals surface area contributed by atoms with Crippen LogP contribution in [-0.4, -0.2) is 22.2 Å². The third-order valence-electron chi connectivity index (χ3n) is 1.43. The monoisotopic (exact) mass is 266 g/mol. The van der Waals surface area contributed by atoms with E-state index < -0.39 is 9.23 Å². The summed E-state index contributed by atoms with van der Waals surface area (Å²) in [6, 6.07) is 0. The average Bonchev–Trinajstić information content (AvgIpc) is 2.05. The van der Waals surface area contributed by atoms with Gasteiger partial charge in [0.25, 0.3) is 0 Å². The molecule has 3 nitrogen and oxygen atoms in total. The maximum absolute atomic E-state index is 10.4.